The van der Waals surface area contributed by atoms with Crippen LogP contribution < -0.4 is 0 Å². The van der Waals surface area contributed by atoms with Gasteiger partial charge in [-0.05, 0) is 104 Å². The van der Waals surface area contributed by atoms with Crippen LogP contribution in [0.1, 0.15) is 78.1 Å². The van der Waals surface area contributed by atoms with E-state index in [2.05, 4.69) is 30.7 Å². The summed E-state index contributed by atoms with van der Waals surface area (Å²) in [6, 6.07) is 3.98. The number of ketones is 1. The minimum absolute atomic E-state index is 0.132. The van der Waals surface area contributed by atoms with Crippen LogP contribution >= 0.6 is 11.8 Å². The average Bonchev–Trinajstić information content (AvgIpc) is 3.21. The lowest BCUT2D eigenvalue weighted by molar-refractivity contribution is -0.152. The predicted octanol–water partition coefficient (Wildman–Crippen LogP) is 5.52. The van der Waals surface area contributed by atoms with E-state index in [0.717, 1.165) is 36.5 Å². The van der Waals surface area contributed by atoms with E-state index >= 15 is 0 Å². The van der Waals surface area contributed by atoms with Crippen LogP contribution in [0.4, 0.5) is 0 Å². The number of fused-ring (bicyclic) bond motifs is 5. The summed E-state index contributed by atoms with van der Waals surface area (Å²) in [6.45, 7) is 4.82. The van der Waals surface area contributed by atoms with Crippen molar-refractivity contribution in [3.8, 4) is 11.8 Å². The Morgan fingerprint density at radius 1 is 1.03 bits per heavy atom. The van der Waals surface area contributed by atoms with E-state index in [9.17, 15) is 9.90 Å². The van der Waals surface area contributed by atoms with E-state index in [1.807, 2.05) is 12.1 Å². The van der Waals surface area contributed by atoms with Crippen LogP contribution in [0.3, 0.4) is 0 Å². The molecule has 1 aromatic rings. The number of hydrogen-bond donors (Lipinski definition) is 2. The highest BCUT2D eigenvalue weighted by molar-refractivity contribution is 8.00. The van der Waals surface area contributed by atoms with Crippen LogP contribution in [0.25, 0.3) is 0 Å². The first kappa shape index (κ1) is 25.3. The number of thioether (sulfide) groups is 1. The number of rotatable bonds is 5. The van der Waals surface area contributed by atoms with Crippen molar-refractivity contribution >= 4 is 17.5 Å². The molecule has 0 amide bonds. The van der Waals surface area contributed by atoms with Gasteiger partial charge in [-0.2, -0.15) is 0 Å². The van der Waals surface area contributed by atoms with Crippen molar-refractivity contribution < 1.29 is 15.0 Å². The van der Waals surface area contributed by atoms with Gasteiger partial charge in [0.25, 0.3) is 0 Å². The van der Waals surface area contributed by atoms with Gasteiger partial charge in [0.2, 0.25) is 0 Å². The van der Waals surface area contributed by atoms with Gasteiger partial charge in [-0.3, -0.25) is 9.78 Å². The van der Waals surface area contributed by atoms with Gasteiger partial charge in [0.15, 0.2) is 0 Å². The fourth-order valence-electron chi connectivity index (χ4n) is 8.98. The minimum atomic E-state index is -0.695. The first-order valence-electron chi connectivity index (χ1n) is 13.6. The van der Waals surface area contributed by atoms with Gasteiger partial charge >= 0.3 is 0 Å². The molecule has 1 aromatic heterocycles. The summed E-state index contributed by atoms with van der Waals surface area (Å²) in [4.78, 5) is 18.6. The van der Waals surface area contributed by atoms with E-state index in [4.69, 9.17) is 5.11 Å². The van der Waals surface area contributed by atoms with Crippen LogP contribution in [0.15, 0.2) is 29.4 Å². The second-order valence-corrected chi connectivity index (χ2v) is 13.4. The topological polar surface area (TPSA) is 70.4 Å². The van der Waals surface area contributed by atoms with Gasteiger partial charge in [0, 0.05) is 29.6 Å². The van der Waals surface area contributed by atoms with E-state index in [-0.39, 0.29) is 17.9 Å². The zero-order chi connectivity index (χ0) is 24.7. The Morgan fingerprint density at radius 2 is 1.80 bits per heavy atom. The molecule has 2 N–H and O–H groups in total. The third-order valence-electron chi connectivity index (χ3n) is 10.9. The molecule has 0 spiro atoms. The molecule has 4 aliphatic carbocycles. The Labute approximate surface area is 215 Å². The molecule has 0 aliphatic heterocycles. The molecule has 0 aromatic carbocycles. The number of carbonyl (C=O) groups excluding carboxylic acids is 1. The monoisotopic (exact) mass is 495 g/mol. The van der Waals surface area contributed by atoms with E-state index < -0.39 is 5.60 Å². The normalized spacial score (nSPS) is 42.2. The van der Waals surface area contributed by atoms with Gasteiger partial charge < -0.3 is 10.2 Å². The van der Waals surface area contributed by atoms with Crippen molar-refractivity contribution in [2.75, 3.05) is 12.4 Å². The van der Waals surface area contributed by atoms with Crippen LogP contribution in [-0.4, -0.2) is 38.9 Å². The standard InChI is InChI=1S/C30H41NO3S/c1-28-14-15-30(34,12-3-4-18-32)19-21(28)5-6-23-24-7-8-26(29(24,2)13-9-25(23)28)27(33)20-35-22-10-16-31-17-11-22/h10-11,16-17,21,23-26,32,34H,5-9,12-15,18-20H2,1-2H3/t21?,23-,24-,25-,26+,28-,29-,30?/m0/s1. The summed E-state index contributed by atoms with van der Waals surface area (Å²) in [7, 11) is 0. The molecule has 4 nitrogen and oxygen atoms in total. The Kier molecular flexibility index (Phi) is 7.12. The van der Waals surface area contributed by atoms with Crippen LogP contribution in [0.2, 0.25) is 0 Å². The maximum absolute atomic E-state index is 13.4. The van der Waals surface area contributed by atoms with Crippen LogP contribution in [0.5, 0.6) is 0 Å². The molecule has 0 saturated heterocycles. The van der Waals surface area contributed by atoms with Crippen molar-refractivity contribution in [3.05, 3.63) is 24.5 Å². The molecule has 5 heteroatoms. The first-order valence-corrected chi connectivity index (χ1v) is 14.6. The lowest BCUT2D eigenvalue weighted by atomic mass is 9.43. The third-order valence-corrected chi connectivity index (χ3v) is 11.9. The van der Waals surface area contributed by atoms with Crippen molar-refractivity contribution in [2.24, 2.45) is 40.4 Å². The number of aliphatic hydroxyl groups excluding tert-OH is 1. The highest BCUT2D eigenvalue weighted by atomic mass is 32.2. The number of carbonyl (C=O) groups is 1. The van der Waals surface area contributed by atoms with Crippen LogP contribution in [0, 0.1) is 52.3 Å². The van der Waals surface area contributed by atoms with Crippen molar-refractivity contribution in [3.63, 3.8) is 0 Å². The fourth-order valence-corrected chi connectivity index (χ4v) is 9.81. The number of Topliss-reactive ketones (excluding diaryl/α,β-unsaturated/α-hetero) is 1. The number of aliphatic hydroxyl groups is 2. The second-order valence-electron chi connectivity index (χ2n) is 12.4. The lowest BCUT2D eigenvalue weighted by Gasteiger charge is -2.62. The van der Waals surface area contributed by atoms with Gasteiger partial charge in [-0.25, -0.2) is 0 Å². The molecule has 2 unspecified atom stereocenters. The van der Waals surface area contributed by atoms with Crippen molar-refractivity contribution in [1.29, 1.82) is 0 Å². The van der Waals surface area contributed by atoms with E-state index in [1.54, 1.807) is 24.2 Å². The Balaban J connectivity index is 1.26. The van der Waals surface area contributed by atoms with Crippen LogP contribution in [-0.2, 0) is 4.79 Å². The highest BCUT2D eigenvalue weighted by Crippen LogP contribution is 2.68. The van der Waals surface area contributed by atoms with Gasteiger partial charge in [-0.1, -0.05) is 25.7 Å². The summed E-state index contributed by atoms with van der Waals surface area (Å²) in [5, 5.41) is 20.2. The fraction of sp³-hybridized carbons (Fsp3) is 0.733. The zero-order valence-electron chi connectivity index (χ0n) is 21.3. The summed E-state index contributed by atoms with van der Waals surface area (Å²) < 4.78 is 0. The zero-order valence-corrected chi connectivity index (χ0v) is 22.2. The number of hydrogen-bond acceptors (Lipinski definition) is 5. The Bertz CT molecular complexity index is 988. The number of aromatic nitrogens is 1. The summed E-state index contributed by atoms with van der Waals surface area (Å²) in [5.41, 5.74) is -0.255. The predicted molar refractivity (Wildman–Crippen MR) is 140 cm³/mol. The molecule has 0 bridgehead atoms. The SMILES string of the molecule is C[C@]12CC[C@H]3[C@@H](CCC4CC(O)(CC#CCO)CC[C@@]43C)[C@@H]1CC[C@@H]2C(=O)CSc1ccncc1. The van der Waals surface area contributed by atoms with E-state index in [1.165, 1.54) is 32.1 Å². The van der Waals surface area contributed by atoms with Gasteiger partial charge in [0.05, 0.1) is 11.4 Å². The molecule has 5 rings (SSSR count). The van der Waals surface area contributed by atoms with Crippen molar-refractivity contribution in [1.82, 2.24) is 4.98 Å². The molecule has 4 fully saturated rings. The van der Waals surface area contributed by atoms with Gasteiger partial charge in [-0.15, -0.1) is 11.8 Å². The molecule has 8 atom stereocenters. The third kappa shape index (κ3) is 4.60. The molecule has 190 valence electrons. The van der Waals surface area contributed by atoms with Crippen molar-refractivity contribution in [2.45, 2.75) is 88.6 Å². The Morgan fingerprint density at radius 3 is 2.57 bits per heavy atom. The molecule has 4 saturated carbocycles. The highest BCUT2D eigenvalue weighted by Gasteiger charge is 2.61. The molecular formula is C30H41NO3S. The molecule has 0 radical (unpaired) electrons. The molecule has 1 heterocycles. The molecule has 35 heavy (non-hydrogen) atoms. The largest absolute Gasteiger partial charge is 0.389 e. The summed E-state index contributed by atoms with van der Waals surface area (Å²) in [6.07, 6.45) is 13.9. The minimum Gasteiger partial charge on any atom is -0.389 e. The average molecular weight is 496 g/mol. The number of pyridine rings is 1. The Hall–Kier alpha value is -1.35. The summed E-state index contributed by atoms with van der Waals surface area (Å²) in [5.74, 6) is 9.59. The first-order chi connectivity index (χ1) is 16.8. The lowest BCUT2D eigenvalue weighted by Crippen LogP contribution is -2.56. The van der Waals surface area contributed by atoms with Gasteiger partial charge in [0.1, 0.15) is 12.4 Å². The maximum Gasteiger partial charge on any atom is 0.146 e. The summed E-state index contributed by atoms with van der Waals surface area (Å²) >= 11 is 1.66. The van der Waals surface area contributed by atoms with E-state index in [0.29, 0.717) is 41.1 Å². The second kappa shape index (κ2) is 9.84. The number of nitrogens with zero attached hydrogens (tertiary/aromatic N) is 1. The molecular weight excluding hydrogens is 454 g/mol. The maximum atomic E-state index is 13.4. The quantitative estimate of drug-likeness (QED) is 0.416. The smallest absolute Gasteiger partial charge is 0.146 e. The molecule has 4 aliphatic rings.